The average molecular weight is 317 g/mol. The van der Waals surface area contributed by atoms with Gasteiger partial charge in [-0.1, -0.05) is 6.07 Å². The Balaban J connectivity index is 1.67. The second-order valence-corrected chi connectivity index (χ2v) is 5.79. The molecule has 122 valence electrons. The average Bonchev–Trinajstić information content (AvgIpc) is 2.92. The number of rotatable bonds is 4. The fraction of sp³-hybridized carbons (Fsp3) is 0.438. The highest BCUT2D eigenvalue weighted by Gasteiger charge is 2.23. The van der Waals surface area contributed by atoms with Crippen LogP contribution in [0, 0.1) is 12.7 Å². The summed E-state index contributed by atoms with van der Waals surface area (Å²) in [4.78, 5) is 20.4. The molecule has 0 aliphatic carbocycles. The standard InChI is InChI=1S/C16H20FN5O/c1-11(23)16-13(17)4-3-5-14(16)22-8-6-21(7-9-22)10-15-18-12(2)19-20-15/h3-5H,6-10H2,1-2H3,(H,18,19,20). The summed E-state index contributed by atoms with van der Waals surface area (Å²) in [6.07, 6.45) is 0. The molecular formula is C16H20FN5O. The number of piperazine rings is 1. The summed E-state index contributed by atoms with van der Waals surface area (Å²) in [7, 11) is 0. The molecule has 1 aliphatic rings. The van der Waals surface area contributed by atoms with Crippen LogP contribution in [0.5, 0.6) is 0 Å². The van der Waals surface area contributed by atoms with Crippen molar-refractivity contribution in [3.8, 4) is 0 Å². The number of H-pyrrole nitrogens is 1. The fourth-order valence-corrected chi connectivity index (χ4v) is 2.93. The van der Waals surface area contributed by atoms with Crippen molar-refractivity contribution in [2.45, 2.75) is 20.4 Å². The van der Waals surface area contributed by atoms with Crippen LogP contribution in [-0.2, 0) is 6.54 Å². The number of hydrogen-bond acceptors (Lipinski definition) is 5. The van der Waals surface area contributed by atoms with E-state index in [1.807, 2.05) is 13.0 Å². The number of benzene rings is 1. The van der Waals surface area contributed by atoms with Gasteiger partial charge in [-0.15, -0.1) is 0 Å². The molecule has 7 heteroatoms. The van der Waals surface area contributed by atoms with E-state index < -0.39 is 5.82 Å². The van der Waals surface area contributed by atoms with E-state index in [1.54, 1.807) is 6.07 Å². The number of carbonyl (C=O) groups is 1. The van der Waals surface area contributed by atoms with Gasteiger partial charge in [-0.3, -0.25) is 14.8 Å². The SMILES string of the molecule is CC(=O)c1c(F)cccc1N1CCN(Cc2n[nH]c(C)n2)CC1. The van der Waals surface area contributed by atoms with Crippen LogP contribution in [0.3, 0.4) is 0 Å². The number of anilines is 1. The number of carbonyl (C=O) groups excluding carboxylic acids is 1. The molecule has 3 rings (SSSR count). The third kappa shape index (κ3) is 3.39. The van der Waals surface area contributed by atoms with Crippen LogP contribution in [0.2, 0.25) is 0 Å². The molecule has 1 aromatic carbocycles. The summed E-state index contributed by atoms with van der Waals surface area (Å²) in [5.74, 6) is 0.904. The van der Waals surface area contributed by atoms with Gasteiger partial charge < -0.3 is 4.90 Å². The number of nitrogens with zero attached hydrogens (tertiary/aromatic N) is 4. The van der Waals surface area contributed by atoms with Crippen molar-refractivity contribution in [1.29, 1.82) is 0 Å². The van der Waals surface area contributed by atoms with Crippen LogP contribution in [0.1, 0.15) is 28.9 Å². The highest BCUT2D eigenvalue weighted by atomic mass is 19.1. The quantitative estimate of drug-likeness (QED) is 0.871. The van der Waals surface area contributed by atoms with Crippen molar-refractivity contribution in [3.63, 3.8) is 0 Å². The van der Waals surface area contributed by atoms with Crippen molar-refractivity contribution >= 4 is 11.5 Å². The molecule has 1 fully saturated rings. The zero-order valence-corrected chi connectivity index (χ0v) is 13.3. The van der Waals surface area contributed by atoms with E-state index in [9.17, 15) is 9.18 Å². The number of Topliss-reactive ketones (excluding diaryl/α,β-unsaturated/α-hetero) is 1. The Morgan fingerprint density at radius 1 is 1.30 bits per heavy atom. The van der Waals surface area contributed by atoms with Gasteiger partial charge in [0.1, 0.15) is 11.6 Å². The van der Waals surface area contributed by atoms with Gasteiger partial charge in [-0.2, -0.15) is 5.10 Å². The first-order valence-electron chi connectivity index (χ1n) is 7.69. The van der Waals surface area contributed by atoms with Gasteiger partial charge in [0.15, 0.2) is 11.6 Å². The van der Waals surface area contributed by atoms with E-state index in [0.717, 1.165) is 37.8 Å². The summed E-state index contributed by atoms with van der Waals surface area (Å²) in [5, 5.41) is 6.99. The molecule has 1 aliphatic heterocycles. The third-order valence-corrected chi connectivity index (χ3v) is 4.07. The van der Waals surface area contributed by atoms with E-state index in [-0.39, 0.29) is 11.3 Å². The Hall–Kier alpha value is -2.28. The number of aromatic nitrogens is 3. The van der Waals surface area contributed by atoms with E-state index in [1.165, 1.54) is 13.0 Å². The molecule has 0 atom stereocenters. The summed E-state index contributed by atoms with van der Waals surface area (Å²) in [6.45, 7) is 7.11. The number of ketones is 1. The lowest BCUT2D eigenvalue weighted by Gasteiger charge is -2.36. The number of aromatic amines is 1. The van der Waals surface area contributed by atoms with E-state index in [2.05, 4.69) is 25.0 Å². The molecule has 1 aromatic heterocycles. The van der Waals surface area contributed by atoms with Crippen LogP contribution >= 0.6 is 0 Å². The van der Waals surface area contributed by atoms with Gasteiger partial charge in [0.2, 0.25) is 0 Å². The predicted molar refractivity (Wildman–Crippen MR) is 85.0 cm³/mol. The number of aryl methyl sites for hydroxylation is 1. The minimum atomic E-state index is -0.450. The Morgan fingerprint density at radius 2 is 2.04 bits per heavy atom. The Morgan fingerprint density at radius 3 is 2.65 bits per heavy atom. The second-order valence-electron chi connectivity index (χ2n) is 5.79. The lowest BCUT2D eigenvalue weighted by molar-refractivity contribution is 0.101. The molecule has 2 heterocycles. The lowest BCUT2D eigenvalue weighted by atomic mass is 10.1. The maximum atomic E-state index is 13.9. The summed E-state index contributed by atoms with van der Waals surface area (Å²) in [6, 6.07) is 4.80. The zero-order valence-electron chi connectivity index (χ0n) is 13.3. The predicted octanol–water partition coefficient (Wildman–Crippen LogP) is 1.78. The van der Waals surface area contributed by atoms with Gasteiger partial charge in [0, 0.05) is 26.2 Å². The van der Waals surface area contributed by atoms with Crippen LogP contribution in [0.4, 0.5) is 10.1 Å². The first kappa shape index (κ1) is 15.6. The monoisotopic (exact) mass is 317 g/mol. The smallest absolute Gasteiger partial charge is 0.164 e. The van der Waals surface area contributed by atoms with Gasteiger partial charge in [0.05, 0.1) is 17.8 Å². The fourth-order valence-electron chi connectivity index (χ4n) is 2.93. The lowest BCUT2D eigenvalue weighted by Crippen LogP contribution is -2.46. The molecule has 0 spiro atoms. The first-order chi connectivity index (χ1) is 11.0. The molecule has 0 amide bonds. The Kier molecular flexibility index (Phi) is 4.38. The first-order valence-corrected chi connectivity index (χ1v) is 7.69. The summed E-state index contributed by atoms with van der Waals surface area (Å²) < 4.78 is 13.9. The van der Waals surface area contributed by atoms with Crippen molar-refractivity contribution in [2.24, 2.45) is 0 Å². The molecule has 23 heavy (non-hydrogen) atoms. The van der Waals surface area contributed by atoms with E-state index in [0.29, 0.717) is 12.2 Å². The number of hydrogen-bond donors (Lipinski definition) is 1. The van der Waals surface area contributed by atoms with Crippen LogP contribution < -0.4 is 4.90 Å². The highest BCUT2D eigenvalue weighted by molar-refractivity contribution is 6.00. The zero-order chi connectivity index (χ0) is 16.4. The molecule has 1 N–H and O–H groups in total. The molecule has 1 saturated heterocycles. The van der Waals surface area contributed by atoms with Crippen molar-refractivity contribution < 1.29 is 9.18 Å². The third-order valence-electron chi connectivity index (χ3n) is 4.07. The normalized spacial score (nSPS) is 15.9. The minimum absolute atomic E-state index is 0.186. The Labute approximate surface area is 134 Å². The molecule has 0 saturated carbocycles. The minimum Gasteiger partial charge on any atom is -0.368 e. The molecule has 0 bridgehead atoms. The second kappa shape index (κ2) is 6.45. The number of halogens is 1. The van der Waals surface area contributed by atoms with E-state index >= 15 is 0 Å². The summed E-state index contributed by atoms with van der Waals surface area (Å²) in [5.41, 5.74) is 0.872. The molecule has 0 unspecified atom stereocenters. The summed E-state index contributed by atoms with van der Waals surface area (Å²) >= 11 is 0. The van der Waals surface area contributed by atoms with Crippen LogP contribution in [0.15, 0.2) is 18.2 Å². The van der Waals surface area contributed by atoms with Crippen molar-refractivity contribution in [1.82, 2.24) is 20.1 Å². The largest absolute Gasteiger partial charge is 0.368 e. The molecule has 6 nitrogen and oxygen atoms in total. The van der Waals surface area contributed by atoms with Gasteiger partial charge >= 0.3 is 0 Å². The van der Waals surface area contributed by atoms with Crippen LogP contribution in [0.25, 0.3) is 0 Å². The topological polar surface area (TPSA) is 65.1 Å². The van der Waals surface area contributed by atoms with Crippen LogP contribution in [-0.4, -0.2) is 52.0 Å². The Bertz CT molecular complexity index is 706. The van der Waals surface area contributed by atoms with Crippen molar-refractivity contribution in [3.05, 3.63) is 41.2 Å². The van der Waals surface area contributed by atoms with Gasteiger partial charge in [-0.25, -0.2) is 9.37 Å². The van der Waals surface area contributed by atoms with Crippen molar-refractivity contribution in [2.75, 3.05) is 31.1 Å². The molecular weight excluding hydrogens is 297 g/mol. The maximum absolute atomic E-state index is 13.9. The molecule has 2 aromatic rings. The van der Waals surface area contributed by atoms with E-state index in [4.69, 9.17) is 0 Å². The van der Waals surface area contributed by atoms with Gasteiger partial charge in [-0.05, 0) is 26.0 Å². The maximum Gasteiger partial charge on any atom is 0.164 e. The molecule has 0 radical (unpaired) electrons. The van der Waals surface area contributed by atoms with Gasteiger partial charge in [0.25, 0.3) is 0 Å². The number of nitrogens with one attached hydrogen (secondary N) is 1. The highest BCUT2D eigenvalue weighted by Crippen LogP contribution is 2.25.